The molecule has 30 heavy (non-hydrogen) atoms. The van der Waals surface area contributed by atoms with Gasteiger partial charge in [0.25, 0.3) is 5.19 Å². The van der Waals surface area contributed by atoms with Gasteiger partial charge in [0.2, 0.25) is 0 Å². The topological polar surface area (TPSA) is 71.9 Å². The molecule has 0 saturated heterocycles. The fraction of sp³-hybridized carbons (Fsp3) is 0.391. The number of benzene rings is 2. The lowest BCUT2D eigenvalue weighted by Gasteiger charge is -2.28. The summed E-state index contributed by atoms with van der Waals surface area (Å²) < 4.78 is 12.9. The zero-order chi connectivity index (χ0) is 20.8. The third-order valence-electron chi connectivity index (χ3n) is 5.40. The van der Waals surface area contributed by atoms with Crippen LogP contribution in [0.2, 0.25) is 0 Å². The number of hydrogen-bond acceptors (Lipinski definition) is 6. The van der Waals surface area contributed by atoms with Gasteiger partial charge in [-0.2, -0.15) is 0 Å². The summed E-state index contributed by atoms with van der Waals surface area (Å²) in [6.07, 6.45) is 4.93. The van der Waals surface area contributed by atoms with Crippen LogP contribution in [0.4, 0.5) is 0 Å². The average molecular weight is 427 g/mol. The minimum Gasteiger partial charge on any atom is -0.492 e. The van der Waals surface area contributed by atoms with E-state index in [4.69, 9.17) is 14.6 Å². The summed E-state index contributed by atoms with van der Waals surface area (Å²) in [4.78, 5) is 17.7. The first-order valence-corrected chi connectivity index (χ1v) is 11.2. The molecular formula is C23H26N2O4S. The Balaban J connectivity index is 1.28. The van der Waals surface area contributed by atoms with Gasteiger partial charge in [0, 0.05) is 19.1 Å². The van der Waals surface area contributed by atoms with Crippen molar-refractivity contribution in [2.24, 2.45) is 0 Å². The normalized spacial score (nSPS) is 14.4. The van der Waals surface area contributed by atoms with Crippen molar-refractivity contribution >= 4 is 27.5 Å². The molecule has 158 valence electrons. The molecule has 0 atom stereocenters. The number of aliphatic carboxylic acids is 1. The molecular weight excluding hydrogens is 400 g/mol. The van der Waals surface area contributed by atoms with Crippen molar-refractivity contribution in [2.45, 2.75) is 38.1 Å². The summed E-state index contributed by atoms with van der Waals surface area (Å²) in [6.45, 7) is 1.86. The SMILES string of the molecule is O=C(O)CCN(CCOc1ccc(Oc2nc3ccccc3s2)cc1)C1CCCC1. The van der Waals surface area contributed by atoms with Gasteiger partial charge in [-0.05, 0) is 49.2 Å². The maximum atomic E-state index is 11.0. The second-order valence-electron chi connectivity index (χ2n) is 7.49. The largest absolute Gasteiger partial charge is 0.492 e. The Labute approximate surface area is 180 Å². The molecule has 1 saturated carbocycles. The van der Waals surface area contributed by atoms with E-state index >= 15 is 0 Å². The molecule has 6 nitrogen and oxygen atoms in total. The second kappa shape index (κ2) is 9.91. The Morgan fingerprint density at radius 2 is 1.80 bits per heavy atom. The Hall–Kier alpha value is -2.64. The van der Waals surface area contributed by atoms with Crippen LogP contribution in [0.25, 0.3) is 10.2 Å². The number of rotatable bonds is 10. The lowest BCUT2D eigenvalue weighted by atomic mass is 10.2. The molecule has 1 aliphatic carbocycles. The molecule has 0 spiro atoms. The zero-order valence-corrected chi connectivity index (χ0v) is 17.6. The standard InChI is InChI=1S/C23H26N2O4S/c26-22(27)13-14-25(17-5-1-2-6-17)15-16-28-18-9-11-19(12-10-18)29-23-24-20-7-3-4-8-21(20)30-23/h3-4,7-12,17H,1-2,5-6,13-16H2,(H,26,27). The first-order valence-electron chi connectivity index (χ1n) is 10.4. The first kappa shape index (κ1) is 20.6. The fourth-order valence-electron chi connectivity index (χ4n) is 3.87. The summed E-state index contributed by atoms with van der Waals surface area (Å²) in [5, 5.41) is 9.63. The summed E-state index contributed by atoms with van der Waals surface area (Å²) in [7, 11) is 0. The van der Waals surface area contributed by atoms with Gasteiger partial charge >= 0.3 is 5.97 Å². The number of hydrogen-bond donors (Lipinski definition) is 1. The van der Waals surface area contributed by atoms with Crippen LogP contribution < -0.4 is 9.47 Å². The molecule has 1 N–H and O–H groups in total. The van der Waals surface area contributed by atoms with E-state index in [-0.39, 0.29) is 6.42 Å². The van der Waals surface area contributed by atoms with Crippen LogP contribution in [0.1, 0.15) is 32.1 Å². The van der Waals surface area contributed by atoms with Gasteiger partial charge in [-0.25, -0.2) is 4.98 Å². The number of aromatic nitrogens is 1. The molecule has 0 bridgehead atoms. The van der Waals surface area contributed by atoms with Gasteiger partial charge in [-0.1, -0.05) is 36.3 Å². The Kier molecular flexibility index (Phi) is 6.81. The van der Waals surface area contributed by atoms with E-state index in [0.717, 1.165) is 41.1 Å². The monoisotopic (exact) mass is 426 g/mol. The van der Waals surface area contributed by atoms with Crippen molar-refractivity contribution < 1.29 is 19.4 Å². The van der Waals surface area contributed by atoms with Crippen molar-refractivity contribution in [1.82, 2.24) is 9.88 Å². The Morgan fingerprint density at radius 1 is 1.07 bits per heavy atom. The van der Waals surface area contributed by atoms with E-state index in [1.54, 1.807) is 0 Å². The highest BCUT2D eigenvalue weighted by Crippen LogP contribution is 2.31. The molecule has 1 heterocycles. The third-order valence-corrected chi connectivity index (χ3v) is 6.32. The molecule has 3 aromatic rings. The maximum Gasteiger partial charge on any atom is 0.304 e. The van der Waals surface area contributed by atoms with Crippen LogP contribution in [0.5, 0.6) is 16.7 Å². The van der Waals surface area contributed by atoms with E-state index in [0.29, 0.717) is 24.4 Å². The average Bonchev–Trinajstić information content (AvgIpc) is 3.41. The molecule has 4 rings (SSSR count). The van der Waals surface area contributed by atoms with Crippen molar-refractivity contribution in [2.75, 3.05) is 19.7 Å². The molecule has 1 fully saturated rings. The molecule has 0 aliphatic heterocycles. The lowest BCUT2D eigenvalue weighted by Crippen LogP contribution is -2.38. The number of carboxylic acid groups (broad SMARTS) is 1. The van der Waals surface area contributed by atoms with Crippen molar-refractivity contribution in [3.05, 3.63) is 48.5 Å². The summed E-state index contributed by atoms with van der Waals surface area (Å²) in [5.41, 5.74) is 0.937. The van der Waals surface area contributed by atoms with Crippen LogP contribution in [-0.2, 0) is 4.79 Å². The van der Waals surface area contributed by atoms with Crippen molar-refractivity contribution in [3.8, 4) is 16.7 Å². The quantitative estimate of drug-likeness (QED) is 0.481. The third kappa shape index (κ3) is 5.49. The lowest BCUT2D eigenvalue weighted by molar-refractivity contribution is -0.137. The van der Waals surface area contributed by atoms with E-state index in [2.05, 4.69) is 9.88 Å². The van der Waals surface area contributed by atoms with Crippen molar-refractivity contribution in [3.63, 3.8) is 0 Å². The summed E-state index contributed by atoms with van der Waals surface area (Å²) in [5.74, 6) is 0.745. The van der Waals surface area contributed by atoms with Crippen LogP contribution in [0, 0.1) is 0 Å². The predicted molar refractivity (Wildman–Crippen MR) is 118 cm³/mol. The summed E-state index contributed by atoms with van der Waals surface area (Å²) >= 11 is 1.52. The highest BCUT2D eigenvalue weighted by Gasteiger charge is 2.22. The summed E-state index contributed by atoms with van der Waals surface area (Å²) in [6, 6.07) is 16.0. The molecule has 0 amide bonds. The van der Waals surface area contributed by atoms with Crippen molar-refractivity contribution in [1.29, 1.82) is 0 Å². The number of thiazole rings is 1. The van der Waals surface area contributed by atoms with Gasteiger partial charge in [-0.3, -0.25) is 9.69 Å². The minimum absolute atomic E-state index is 0.175. The number of nitrogens with zero attached hydrogens (tertiary/aromatic N) is 2. The van der Waals surface area contributed by atoms with E-state index in [1.807, 2.05) is 48.5 Å². The number of ether oxygens (including phenoxy) is 2. The predicted octanol–water partition coefficient (Wildman–Crippen LogP) is 5.19. The van der Waals surface area contributed by atoms with Crippen LogP contribution in [-0.4, -0.2) is 46.7 Å². The molecule has 7 heteroatoms. The van der Waals surface area contributed by atoms with E-state index < -0.39 is 5.97 Å². The minimum atomic E-state index is -0.748. The van der Waals surface area contributed by atoms with Gasteiger partial charge in [0.1, 0.15) is 18.1 Å². The van der Waals surface area contributed by atoms with Gasteiger partial charge < -0.3 is 14.6 Å². The Bertz CT molecular complexity index is 934. The smallest absolute Gasteiger partial charge is 0.304 e. The van der Waals surface area contributed by atoms with E-state index in [9.17, 15) is 4.79 Å². The van der Waals surface area contributed by atoms with Gasteiger partial charge in [0.05, 0.1) is 16.6 Å². The maximum absolute atomic E-state index is 11.0. The molecule has 2 aromatic carbocycles. The zero-order valence-electron chi connectivity index (χ0n) is 16.8. The van der Waals surface area contributed by atoms with Crippen LogP contribution in [0.3, 0.4) is 0 Å². The van der Waals surface area contributed by atoms with Crippen LogP contribution >= 0.6 is 11.3 Å². The highest BCUT2D eigenvalue weighted by molar-refractivity contribution is 7.20. The number of carboxylic acids is 1. The van der Waals surface area contributed by atoms with Gasteiger partial charge in [-0.15, -0.1) is 0 Å². The molecule has 0 radical (unpaired) electrons. The first-order chi connectivity index (χ1) is 14.7. The van der Waals surface area contributed by atoms with E-state index in [1.165, 1.54) is 24.2 Å². The molecule has 1 aliphatic rings. The van der Waals surface area contributed by atoms with Crippen LogP contribution in [0.15, 0.2) is 48.5 Å². The molecule has 1 aromatic heterocycles. The highest BCUT2D eigenvalue weighted by atomic mass is 32.1. The molecule has 0 unspecified atom stereocenters. The van der Waals surface area contributed by atoms with Gasteiger partial charge in [0.15, 0.2) is 0 Å². The second-order valence-corrected chi connectivity index (χ2v) is 8.48. The Morgan fingerprint density at radius 3 is 2.53 bits per heavy atom. The number of carbonyl (C=O) groups is 1. The number of para-hydroxylation sites is 1. The fourth-order valence-corrected chi connectivity index (χ4v) is 4.70. The number of fused-ring (bicyclic) bond motifs is 1.